The Hall–Kier alpha value is -4.15. The highest BCUT2D eigenvalue weighted by molar-refractivity contribution is 5.53. The zero-order valence-corrected chi connectivity index (χ0v) is 14.3. The maximum Gasteiger partial charge on any atom is 0.442 e. The summed E-state index contributed by atoms with van der Waals surface area (Å²) in [5.41, 5.74) is 6.77. The Morgan fingerprint density at radius 3 is 2.68 bits per heavy atom. The summed E-state index contributed by atoms with van der Waals surface area (Å²) in [4.78, 5) is 28.5. The summed E-state index contributed by atoms with van der Waals surface area (Å²) >= 11 is 0. The quantitative estimate of drug-likeness (QED) is 0.528. The lowest BCUT2D eigenvalue weighted by molar-refractivity contribution is 0.377. The Morgan fingerprint density at radius 1 is 1.11 bits per heavy atom. The topological polar surface area (TPSA) is 138 Å². The standard InChI is InChI=1S/C17H13FN8O2/c18-10-4-6-11(7-5-10)21-16-23-13(22-15(19)24-16)9-26-14(25-28-17(26)27)12-3-1-2-8-20-12/h1-8H,9H2,(H3,19,21,22,23,24). The van der Waals surface area contributed by atoms with Crippen molar-refractivity contribution in [3.8, 4) is 11.5 Å². The number of pyridine rings is 1. The molecule has 3 heterocycles. The molecule has 0 spiro atoms. The first-order valence-electron chi connectivity index (χ1n) is 8.09. The van der Waals surface area contributed by atoms with Crippen LogP contribution in [0.1, 0.15) is 5.82 Å². The monoisotopic (exact) mass is 380 g/mol. The molecule has 0 saturated heterocycles. The van der Waals surface area contributed by atoms with Crippen molar-refractivity contribution in [2.75, 3.05) is 11.1 Å². The molecule has 0 aliphatic carbocycles. The third-order valence-electron chi connectivity index (χ3n) is 3.68. The summed E-state index contributed by atoms with van der Waals surface area (Å²) in [6.45, 7) is -0.0565. The Kier molecular flexibility index (Phi) is 4.46. The van der Waals surface area contributed by atoms with Gasteiger partial charge in [-0.05, 0) is 36.4 Å². The molecule has 0 aliphatic rings. The van der Waals surface area contributed by atoms with E-state index in [-0.39, 0.29) is 35.9 Å². The fraction of sp³-hybridized carbons (Fsp3) is 0.0588. The molecule has 11 heteroatoms. The first-order valence-corrected chi connectivity index (χ1v) is 8.09. The van der Waals surface area contributed by atoms with Crippen LogP contribution in [-0.2, 0) is 6.54 Å². The van der Waals surface area contributed by atoms with Crippen LogP contribution in [0.2, 0.25) is 0 Å². The number of benzene rings is 1. The van der Waals surface area contributed by atoms with Gasteiger partial charge in [-0.15, -0.1) is 0 Å². The summed E-state index contributed by atoms with van der Waals surface area (Å²) in [5, 5.41) is 6.67. The fourth-order valence-corrected chi connectivity index (χ4v) is 2.46. The zero-order chi connectivity index (χ0) is 19.5. The van der Waals surface area contributed by atoms with Crippen LogP contribution in [0.4, 0.5) is 22.0 Å². The molecule has 0 amide bonds. The van der Waals surface area contributed by atoms with Crippen LogP contribution >= 0.6 is 0 Å². The summed E-state index contributed by atoms with van der Waals surface area (Å²) in [5.74, 6) is -0.503. The van der Waals surface area contributed by atoms with Gasteiger partial charge < -0.3 is 11.1 Å². The van der Waals surface area contributed by atoms with Crippen molar-refractivity contribution in [3.05, 3.63) is 70.9 Å². The van der Waals surface area contributed by atoms with E-state index >= 15 is 0 Å². The smallest absolute Gasteiger partial charge is 0.368 e. The summed E-state index contributed by atoms with van der Waals surface area (Å²) in [6.07, 6.45) is 1.57. The molecule has 0 aliphatic heterocycles. The van der Waals surface area contributed by atoms with Gasteiger partial charge in [-0.3, -0.25) is 9.51 Å². The number of nitrogens with two attached hydrogens (primary N) is 1. The number of halogens is 1. The second-order valence-corrected chi connectivity index (χ2v) is 5.64. The number of nitrogen functional groups attached to an aromatic ring is 1. The number of aromatic nitrogens is 6. The Morgan fingerprint density at radius 2 is 1.93 bits per heavy atom. The molecule has 140 valence electrons. The molecule has 10 nitrogen and oxygen atoms in total. The van der Waals surface area contributed by atoms with Gasteiger partial charge in [0.15, 0.2) is 5.82 Å². The van der Waals surface area contributed by atoms with Gasteiger partial charge in [0, 0.05) is 11.9 Å². The van der Waals surface area contributed by atoms with Crippen molar-refractivity contribution in [2.45, 2.75) is 6.54 Å². The van der Waals surface area contributed by atoms with Gasteiger partial charge in [0.1, 0.15) is 11.5 Å². The van der Waals surface area contributed by atoms with E-state index in [9.17, 15) is 9.18 Å². The number of rotatable bonds is 5. The molecule has 0 atom stereocenters. The van der Waals surface area contributed by atoms with Gasteiger partial charge in [-0.25, -0.2) is 13.8 Å². The minimum atomic E-state index is -0.687. The first kappa shape index (κ1) is 17.3. The summed E-state index contributed by atoms with van der Waals surface area (Å²) in [6, 6.07) is 10.8. The lowest BCUT2D eigenvalue weighted by atomic mass is 10.3. The molecule has 0 fully saturated rings. The van der Waals surface area contributed by atoms with Gasteiger partial charge in [-0.1, -0.05) is 11.2 Å². The van der Waals surface area contributed by atoms with E-state index in [1.807, 2.05) is 0 Å². The minimum Gasteiger partial charge on any atom is -0.368 e. The predicted octanol–water partition coefficient (Wildman–Crippen LogP) is 1.60. The van der Waals surface area contributed by atoms with Crippen molar-refractivity contribution >= 4 is 17.6 Å². The predicted molar refractivity (Wildman–Crippen MR) is 97.0 cm³/mol. The highest BCUT2D eigenvalue weighted by Crippen LogP contribution is 2.16. The molecular weight excluding hydrogens is 367 g/mol. The van der Waals surface area contributed by atoms with E-state index < -0.39 is 5.76 Å². The van der Waals surface area contributed by atoms with E-state index in [1.54, 1.807) is 24.4 Å². The summed E-state index contributed by atoms with van der Waals surface area (Å²) in [7, 11) is 0. The van der Waals surface area contributed by atoms with Crippen LogP contribution in [0.5, 0.6) is 0 Å². The van der Waals surface area contributed by atoms with E-state index in [0.717, 1.165) is 0 Å². The highest BCUT2D eigenvalue weighted by atomic mass is 19.1. The molecule has 0 bridgehead atoms. The van der Waals surface area contributed by atoms with Gasteiger partial charge in [0.05, 0.1) is 6.54 Å². The number of hydrogen-bond donors (Lipinski definition) is 2. The largest absolute Gasteiger partial charge is 0.442 e. The minimum absolute atomic E-state index is 0.0431. The lowest BCUT2D eigenvalue weighted by Crippen LogP contribution is -2.19. The highest BCUT2D eigenvalue weighted by Gasteiger charge is 2.16. The van der Waals surface area contributed by atoms with E-state index in [4.69, 9.17) is 10.3 Å². The third-order valence-corrected chi connectivity index (χ3v) is 3.68. The molecule has 1 aromatic carbocycles. The molecule has 0 saturated carbocycles. The van der Waals surface area contributed by atoms with Crippen LogP contribution < -0.4 is 16.8 Å². The summed E-state index contributed by atoms with van der Waals surface area (Å²) < 4.78 is 19.0. The van der Waals surface area contributed by atoms with Crippen LogP contribution in [0.25, 0.3) is 11.5 Å². The SMILES string of the molecule is Nc1nc(Cn2c(-c3ccccn3)noc2=O)nc(Nc2ccc(F)cc2)n1. The van der Waals surface area contributed by atoms with Gasteiger partial charge in [0.25, 0.3) is 0 Å². The first-order chi connectivity index (χ1) is 13.6. The maximum atomic E-state index is 13.0. The van der Waals surface area contributed by atoms with Crippen LogP contribution in [0.3, 0.4) is 0 Å². The van der Waals surface area contributed by atoms with Crippen molar-refractivity contribution in [1.82, 2.24) is 29.7 Å². The van der Waals surface area contributed by atoms with Gasteiger partial charge in [0.2, 0.25) is 17.7 Å². The van der Waals surface area contributed by atoms with Crippen molar-refractivity contribution in [1.29, 1.82) is 0 Å². The average Bonchev–Trinajstić information content (AvgIpc) is 3.04. The second-order valence-electron chi connectivity index (χ2n) is 5.64. The number of nitrogens with zero attached hydrogens (tertiary/aromatic N) is 6. The normalized spacial score (nSPS) is 10.8. The number of nitrogens with one attached hydrogen (secondary N) is 1. The molecule has 3 aromatic heterocycles. The van der Waals surface area contributed by atoms with Crippen molar-refractivity contribution < 1.29 is 8.91 Å². The Balaban J connectivity index is 1.64. The van der Waals surface area contributed by atoms with Crippen LogP contribution in [0, 0.1) is 5.82 Å². The molecular formula is C17H13FN8O2. The fourth-order valence-electron chi connectivity index (χ4n) is 2.46. The molecule has 4 rings (SSSR count). The van der Waals surface area contributed by atoms with Crippen molar-refractivity contribution in [3.63, 3.8) is 0 Å². The maximum absolute atomic E-state index is 13.0. The van der Waals surface area contributed by atoms with E-state index in [1.165, 1.54) is 28.8 Å². The molecule has 0 radical (unpaired) electrons. The molecule has 0 unspecified atom stereocenters. The average molecular weight is 380 g/mol. The molecule has 3 N–H and O–H groups in total. The van der Waals surface area contributed by atoms with Gasteiger partial charge in [-0.2, -0.15) is 15.0 Å². The van der Waals surface area contributed by atoms with E-state index in [2.05, 4.69) is 30.4 Å². The Bertz CT molecular complexity index is 1160. The molecule has 28 heavy (non-hydrogen) atoms. The Labute approximate surface area is 156 Å². The number of anilines is 3. The van der Waals surface area contributed by atoms with Gasteiger partial charge >= 0.3 is 5.76 Å². The lowest BCUT2D eigenvalue weighted by Gasteiger charge is -2.08. The third kappa shape index (κ3) is 3.67. The van der Waals surface area contributed by atoms with E-state index in [0.29, 0.717) is 11.4 Å². The zero-order valence-electron chi connectivity index (χ0n) is 14.3. The molecule has 4 aromatic rings. The number of hydrogen-bond acceptors (Lipinski definition) is 9. The van der Waals surface area contributed by atoms with Crippen LogP contribution in [-0.4, -0.2) is 29.7 Å². The second kappa shape index (κ2) is 7.23. The van der Waals surface area contributed by atoms with Crippen molar-refractivity contribution in [2.24, 2.45) is 0 Å². The van der Waals surface area contributed by atoms with Crippen LogP contribution in [0.15, 0.2) is 58.0 Å².